The van der Waals surface area contributed by atoms with E-state index < -0.39 is 0 Å². The number of nitrogens with zero attached hydrogens (tertiary/aromatic N) is 4. The van der Waals surface area contributed by atoms with Crippen molar-refractivity contribution < 1.29 is 0 Å². The van der Waals surface area contributed by atoms with Crippen molar-refractivity contribution in [3.05, 3.63) is 49.2 Å². The van der Waals surface area contributed by atoms with Crippen LogP contribution < -0.4 is 5.43 Å². The lowest BCUT2D eigenvalue weighted by atomic mass is 10.3. The van der Waals surface area contributed by atoms with E-state index in [2.05, 4.69) is 20.4 Å². The summed E-state index contributed by atoms with van der Waals surface area (Å²) in [6, 6.07) is 9.87. The van der Waals surface area contributed by atoms with Crippen LogP contribution in [0.15, 0.2) is 49.2 Å². The van der Waals surface area contributed by atoms with E-state index in [4.69, 9.17) is 0 Å². The average Bonchev–Trinajstić information content (AvgIpc) is 2.77. The predicted molar refractivity (Wildman–Crippen MR) is 59.9 cm³/mol. The van der Waals surface area contributed by atoms with Crippen LogP contribution in [-0.2, 0) is 0 Å². The van der Waals surface area contributed by atoms with E-state index in [0.29, 0.717) is 5.82 Å². The summed E-state index contributed by atoms with van der Waals surface area (Å²) in [5, 5.41) is 0. The van der Waals surface area contributed by atoms with Crippen molar-refractivity contribution in [2.24, 2.45) is 0 Å². The monoisotopic (exact) mass is 211 g/mol. The molecule has 0 aliphatic carbocycles. The summed E-state index contributed by atoms with van der Waals surface area (Å²) < 4.78 is 1.76. The summed E-state index contributed by atoms with van der Waals surface area (Å²) in [7, 11) is 0. The molecule has 1 aromatic rings. The Hall–Kier alpha value is -2.43. The Morgan fingerprint density at radius 3 is 2.75 bits per heavy atom. The quantitative estimate of drug-likeness (QED) is 0.700. The summed E-state index contributed by atoms with van der Waals surface area (Å²) in [6.07, 6.45) is 5.02. The van der Waals surface area contributed by atoms with E-state index in [1.807, 2.05) is 36.5 Å². The lowest BCUT2D eigenvalue weighted by Gasteiger charge is -2.09. The maximum absolute atomic E-state index is 4.16. The number of hydrogen-bond acceptors (Lipinski definition) is 4. The highest BCUT2D eigenvalue weighted by molar-refractivity contribution is 5.49. The summed E-state index contributed by atoms with van der Waals surface area (Å²) in [5.74, 6) is 0.658. The molecule has 1 aromatic carbocycles. The van der Waals surface area contributed by atoms with Crippen LogP contribution in [0.3, 0.4) is 0 Å². The highest BCUT2D eigenvalue weighted by atomic mass is 15.4. The van der Waals surface area contributed by atoms with E-state index in [1.54, 1.807) is 11.0 Å². The largest absolute Gasteiger partial charge is 0.293 e. The Labute approximate surface area is 92.1 Å². The molecule has 0 aromatic heterocycles. The summed E-state index contributed by atoms with van der Waals surface area (Å²) in [5.41, 5.74) is 4.94. The Kier molecular flexibility index (Phi) is 2.00. The molecule has 0 bridgehead atoms. The number of fused-ring (bicyclic) bond motifs is 1. The predicted octanol–water partition coefficient (Wildman–Crippen LogP) is 1.65. The van der Waals surface area contributed by atoms with Crippen LogP contribution in [0.5, 0.6) is 0 Å². The molecule has 0 atom stereocenters. The maximum atomic E-state index is 4.16. The smallest absolute Gasteiger partial charge is 0.182 e. The molecule has 0 unspecified atom stereocenters. The fourth-order valence-electron chi connectivity index (χ4n) is 1.47. The molecule has 1 N–H and O–H groups in total. The second-order valence-electron chi connectivity index (χ2n) is 3.34. The third kappa shape index (κ3) is 1.58. The first-order valence-corrected chi connectivity index (χ1v) is 4.88. The van der Waals surface area contributed by atoms with Crippen LogP contribution in [-0.4, -0.2) is 19.6 Å². The van der Waals surface area contributed by atoms with Crippen molar-refractivity contribution in [3.8, 4) is 11.5 Å². The van der Waals surface area contributed by atoms with E-state index in [9.17, 15) is 0 Å². The van der Waals surface area contributed by atoms with Gasteiger partial charge in [-0.3, -0.25) is 5.43 Å². The van der Waals surface area contributed by atoms with Crippen molar-refractivity contribution in [1.29, 1.82) is 0 Å². The van der Waals surface area contributed by atoms with E-state index in [1.165, 1.54) is 6.33 Å². The van der Waals surface area contributed by atoms with Crippen LogP contribution in [0.2, 0.25) is 0 Å². The van der Waals surface area contributed by atoms with Crippen LogP contribution in [0, 0.1) is 0 Å². The normalized spacial score (nSPS) is 10.5. The number of benzene rings is 1. The van der Waals surface area contributed by atoms with Crippen molar-refractivity contribution in [2.75, 3.05) is 5.43 Å². The highest BCUT2D eigenvalue weighted by Crippen LogP contribution is 2.12. The zero-order valence-electron chi connectivity index (χ0n) is 8.41. The lowest BCUT2D eigenvalue weighted by molar-refractivity contribution is 0.894. The SMILES string of the molecule is c1ccc(Nn2cnc3ncnc-3c2)cc1. The van der Waals surface area contributed by atoms with Crippen molar-refractivity contribution in [2.45, 2.75) is 0 Å². The molecule has 78 valence electrons. The molecule has 2 aliphatic heterocycles. The van der Waals surface area contributed by atoms with Gasteiger partial charge in [-0.1, -0.05) is 18.2 Å². The second kappa shape index (κ2) is 3.62. The Morgan fingerprint density at radius 2 is 1.88 bits per heavy atom. The molecular formula is C11H9N5. The van der Waals surface area contributed by atoms with E-state index in [0.717, 1.165) is 11.4 Å². The van der Waals surface area contributed by atoms with Gasteiger partial charge in [-0.25, -0.2) is 19.6 Å². The summed E-state index contributed by atoms with van der Waals surface area (Å²) >= 11 is 0. The van der Waals surface area contributed by atoms with Gasteiger partial charge in [0.15, 0.2) is 5.82 Å². The number of para-hydroxylation sites is 1. The second-order valence-corrected chi connectivity index (χ2v) is 3.34. The van der Waals surface area contributed by atoms with Gasteiger partial charge in [0.1, 0.15) is 18.3 Å². The first-order valence-electron chi connectivity index (χ1n) is 4.88. The van der Waals surface area contributed by atoms with Crippen LogP contribution in [0.25, 0.3) is 11.5 Å². The molecule has 0 saturated heterocycles. The van der Waals surface area contributed by atoms with Crippen molar-refractivity contribution in [1.82, 2.24) is 19.6 Å². The average molecular weight is 211 g/mol. The molecule has 0 saturated carbocycles. The van der Waals surface area contributed by atoms with Crippen molar-refractivity contribution >= 4 is 5.69 Å². The van der Waals surface area contributed by atoms with Gasteiger partial charge in [0.05, 0.1) is 11.9 Å². The van der Waals surface area contributed by atoms with Gasteiger partial charge >= 0.3 is 0 Å². The fourth-order valence-corrected chi connectivity index (χ4v) is 1.47. The third-order valence-electron chi connectivity index (χ3n) is 2.20. The van der Waals surface area contributed by atoms with Gasteiger partial charge in [-0.05, 0) is 12.1 Å². The van der Waals surface area contributed by atoms with Crippen LogP contribution in [0.4, 0.5) is 5.69 Å². The molecule has 2 heterocycles. The third-order valence-corrected chi connectivity index (χ3v) is 2.20. The first-order chi connectivity index (χ1) is 7.92. The number of rotatable bonds is 2. The molecule has 2 aliphatic rings. The standard InChI is InChI=1S/C11H9N5/c1-2-4-9(5-3-1)15-16-6-10-11(14-8-16)13-7-12-10/h1-8,15H. The topological polar surface area (TPSA) is 55.6 Å². The fraction of sp³-hybridized carbons (Fsp3) is 0. The summed E-state index contributed by atoms with van der Waals surface area (Å²) in [4.78, 5) is 12.3. The highest BCUT2D eigenvalue weighted by Gasteiger charge is 2.06. The number of anilines is 1. The number of nitrogens with one attached hydrogen (secondary N) is 1. The summed E-state index contributed by atoms with van der Waals surface area (Å²) in [6.45, 7) is 0. The molecule has 16 heavy (non-hydrogen) atoms. The zero-order chi connectivity index (χ0) is 10.8. The molecule has 0 amide bonds. The van der Waals surface area contributed by atoms with Gasteiger partial charge < -0.3 is 0 Å². The minimum atomic E-state index is 0.658. The Morgan fingerprint density at radius 1 is 1.00 bits per heavy atom. The molecule has 5 heteroatoms. The number of aromatic nitrogens is 4. The van der Waals surface area contributed by atoms with Gasteiger partial charge in [0, 0.05) is 0 Å². The molecular weight excluding hydrogens is 202 g/mol. The Balaban J connectivity index is 1.93. The van der Waals surface area contributed by atoms with Gasteiger partial charge in [0.2, 0.25) is 0 Å². The molecule has 0 radical (unpaired) electrons. The molecule has 5 nitrogen and oxygen atoms in total. The maximum Gasteiger partial charge on any atom is 0.182 e. The molecule has 3 rings (SSSR count). The lowest BCUT2D eigenvalue weighted by Crippen LogP contribution is -2.10. The molecule has 0 fully saturated rings. The van der Waals surface area contributed by atoms with E-state index >= 15 is 0 Å². The van der Waals surface area contributed by atoms with Crippen molar-refractivity contribution in [3.63, 3.8) is 0 Å². The molecule has 0 spiro atoms. The zero-order valence-corrected chi connectivity index (χ0v) is 8.41. The first kappa shape index (κ1) is 8.84. The van der Waals surface area contributed by atoms with Gasteiger partial charge in [-0.2, -0.15) is 0 Å². The van der Waals surface area contributed by atoms with Crippen LogP contribution in [0.1, 0.15) is 0 Å². The Bertz CT molecular complexity index is 560. The minimum Gasteiger partial charge on any atom is -0.293 e. The number of imidazole rings is 1. The van der Waals surface area contributed by atoms with E-state index in [-0.39, 0.29) is 0 Å². The van der Waals surface area contributed by atoms with Crippen LogP contribution >= 0.6 is 0 Å². The number of hydrogen-bond donors (Lipinski definition) is 1. The van der Waals surface area contributed by atoms with Gasteiger partial charge in [0.25, 0.3) is 0 Å². The van der Waals surface area contributed by atoms with Gasteiger partial charge in [-0.15, -0.1) is 0 Å². The minimum absolute atomic E-state index is 0.658.